The lowest BCUT2D eigenvalue weighted by Gasteiger charge is -2.26. The van der Waals surface area contributed by atoms with Crippen molar-refractivity contribution in [3.05, 3.63) is 95.1 Å². The molecule has 5 heteroatoms. The van der Waals surface area contributed by atoms with Gasteiger partial charge in [0, 0.05) is 5.41 Å². The van der Waals surface area contributed by atoms with Gasteiger partial charge in [-0.3, -0.25) is 0 Å². The summed E-state index contributed by atoms with van der Waals surface area (Å²) in [5.41, 5.74) is 1.53. The monoisotopic (exact) mass is 376 g/mol. The summed E-state index contributed by atoms with van der Waals surface area (Å²) in [6.07, 6.45) is 0. The first kappa shape index (κ1) is 19.2. The quantitative estimate of drug-likeness (QED) is 0.618. The largest absolute Gasteiger partial charge is 0.478 e. The zero-order valence-corrected chi connectivity index (χ0v) is 15.5. The van der Waals surface area contributed by atoms with Gasteiger partial charge in [0.25, 0.3) is 0 Å². The Morgan fingerprint density at radius 2 is 1.25 bits per heavy atom. The Bertz CT molecular complexity index is 1000. The topological polar surface area (TPSA) is 83.8 Å². The van der Waals surface area contributed by atoms with Crippen molar-refractivity contribution < 1.29 is 24.5 Å². The highest BCUT2D eigenvalue weighted by molar-refractivity contribution is 6.02. The molecule has 0 atom stereocenters. The number of carbonyl (C=O) groups is 2. The van der Waals surface area contributed by atoms with Gasteiger partial charge < -0.3 is 14.9 Å². The summed E-state index contributed by atoms with van der Waals surface area (Å²) < 4.78 is 5.72. The van der Waals surface area contributed by atoms with E-state index in [1.807, 2.05) is 42.5 Å². The van der Waals surface area contributed by atoms with Crippen LogP contribution in [-0.4, -0.2) is 22.2 Å². The molecule has 0 aliphatic carbocycles. The van der Waals surface area contributed by atoms with Crippen LogP contribution in [0.25, 0.3) is 0 Å². The minimum atomic E-state index is -1.32. The van der Waals surface area contributed by atoms with Gasteiger partial charge in [-0.15, -0.1) is 0 Å². The predicted molar refractivity (Wildman–Crippen MR) is 105 cm³/mol. The third-order valence-electron chi connectivity index (χ3n) is 4.76. The molecule has 3 aromatic rings. The number of hydrogen-bond donors (Lipinski definition) is 2. The van der Waals surface area contributed by atoms with Crippen LogP contribution in [0, 0.1) is 0 Å². The Morgan fingerprint density at radius 1 is 0.714 bits per heavy atom. The Morgan fingerprint density at radius 3 is 1.82 bits per heavy atom. The third kappa shape index (κ3) is 3.88. The maximum absolute atomic E-state index is 11.3. The Kier molecular flexibility index (Phi) is 5.18. The van der Waals surface area contributed by atoms with Crippen LogP contribution in [0.5, 0.6) is 11.5 Å². The molecule has 0 aromatic heterocycles. The second kappa shape index (κ2) is 7.56. The van der Waals surface area contributed by atoms with Crippen molar-refractivity contribution >= 4 is 11.9 Å². The van der Waals surface area contributed by atoms with Gasteiger partial charge in [-0.1, -0.05) is 56.3 Å². The average molecular weight is 376 g/mol. The molecule has 5 nitrogen and oxygen atoms in total. The fraction of sp³-hybridized carbons (Fsp3) is 0.130. The van der Waals surface area contributed by atoms with E-state index in [0.717, 1.165) is 5.56 Å². The maximum atomic E-state index is 11.3. The number of rotatable bonds is 6. The lowest BCUT2D eigenvalue weighted by atomic mass is 9.78. The van der Waals surface area contributed by atoms with Gasteiger partial charge in [0.05, 0.1) is 11.1 Å². The van der Waals surface area contributed by atoms with Crippen molar-refractivity contribution in [3.8, 4) is 11.5 Å². The Balaban J connectivity index is 1.84. The first-order chi connectivity index (χ1) is 13.3. The fourth-order valence-electron chi connectivity index (χ4n) is 3.05. The summed E-state index contributed by atoms with van der Waals surface area (Å²) in [6, 6.07) is 21.6. The Labute approximate surface area is 162 Å². The van der Waals surface area contributed by atoms with Crippen molar-refractivity contribution in [3.63, 3.8) is 0 Å². The van der Waals surface area contributed by atoms with E-state index in [-0.39, 0.29) is 22.3 Å². The van der Waals surface area contributed by atoms with Gasteiger partial charge in [0.15, 0.2) is 0 Å². The summed E-state index contributed by atoms with van der Waals surface area (Å²) in [5.74, 6) is -1.82. The van der Waals surface area contributed by atoms with Crippen LogP contribution >= 0.6 is 0 Å². The molecule has 0 radical (unpaired) electrons. The molecule has 0 spiro atoms. The molecule has 0 saturated heterocycles. The standard InChI is InChI=1S/C23H20O5/c1-23(2,15-6-4-3-5-7-15)16-8-10-17(11-9-16)28-18-12-13-19(21(24)25)20(14-18)22(26)27/h3-14H,1-2H3,(H,24,25)(H,26,27). The van der Waals surface area contributed by atoms with E-state index in [4.69, 9.17) is 9.84 Å². The first-order valence-electron chi connectivity index (χ1n) is 8.73. The SMILES string of the molecule is CC(C)(c1ccccc1)c1ccc(Oc2ccc(C(=O)O)c(C(=O)O)c2)cc1. The summed E-state index contributed by atoms with van der Waals surface area (Å²) in [5, 5.41) is 18.3. The molecule has 142 valence electrons. The van der Waals surface area contributed by atoms with Gasteiger partial charge in [0.2, 0.25) is 0 Å². The lowest BCUT2D eigenvalue weighted by molar-refractivity contribution is 0.0651. The average Bonchev–Trinajstić information content (AvgIpc) is 2.69. The number of benzene rings is 3. The summed E-state index contributed by atoms with van der Waals surface area (Å²) in [7, 11) is 0. The summed E-state index contributed by atoms with van der Waals surface area (Å²) >= 11 is 0. The Hall–Kier alpha value is -3.60. The van der Waals surface area contributed by atoms with E-state index >= 15 is 0 Å². The molecule has 0 bridgehead atoms. The van der Waals surface area contributed by atoms with Gasteiger partial charge in [-0.25, -0.2) is 9.59 Å². The minimum Gasteiger partial charge on any atom is -0.478 e. The van der Waals surface area contributed by atoms with Crippen molar-refractivity contribution in [2.24, 2.45) is 0 Å². The summed E-state index contributed by atoms with van der Waals surface area (Å²) in [4.78, 5) is 22.4. The van der Waals surface area contributed by atoms with Crippen LogP contribution in [0.1, 0.15) is 45.7 Å². The molecule has 0 unspecified atom stereocenters. The second-order valence-corrected chi connectivity index (χ2v) is 6.94. The highest BCUT2D eigenvalue weighted by Crippen LogP contribution is 2.33. The number of hydrogen-bond acceptors (Lipinski definition) is 3. The molecule has 28 heavy (non-hydrogen) atoms. The zero-order chi connectivity index (χ0) is 20.3. The highest BCUT2D eigenvalue weighted by atomic mass is 16.5. The zero-order valence-electron chi connectivity index (χ0n) is 15.5. The molecular weight excluding hydrogens is 356 g/mol. The van der Waals surface area contributed by atoms with Crippen molar-refractivity contribution in [1.82, 2.24) is 0 Å². The third-order valence-corrected chi connectivity index (χ3v) is 4.76. The molecule has 0 amide bonds. The van der Waals surface area contributed by atoms with Gasteiger partial charge in [0.1, 0.15) is 11.5 Å². The first-order valence-corrected chi connectivity index (χ1v) is 8.73. The number of ether oxygens (including phenoxy) is 1. The molecule has 0 fully saturated rings. The van der Waals surface area contributed by atoms with Crippen molar-refractivity contribution in [1.29, 1.82) is 0 Å². The minimum absolute atomic E-state index is 0.181. The smallest absolute Gasteiger partial charge is 0.336 e. The normalized spacial score (nSPS) is 11.1. The predicted octanol–water partition coefficient (Wildman–Crippen LogP) is 5.20. The van der Waals surface area contributed by atoms with Crippen LogP contribution in [0.2, 0.25) is 0 Å². The molecule has 2 N–H and O–H groups in total. The molecule has 3 rings (SSSR count). The van der Waals surface area contributed by atoms with Gasteiger partial charge in [-0.2, -0.15) is 0 Å². The molecule has 0 aliphatic heterocycles. The van der Waals surface area contributed by atoms with Crippen LogP contribution in [-0.2, 0) is 5.41 Å². The van der Waals surface area contributed by atoms with Crippen molar-refractivity contribution in [2.45, 2.75) is 19.3 Å². The van der Waals surface area contributed by atoms with E-state index in [9.17, 15) is 14.7 Å². The summed E-state index contributed by atoms with van der Waals surface area (Å²) in [6.45, 7) is 4.28. The van der Waals surface area contributed by atoms with E-state index in [1.165, 1.54) is 23.8 Å². The van der Waals surface area contributed by atoms with Gasteiger partial charge >= 0.3 is 11.9 Å². The van der Waals surface area contributed by atoms with Crippen molar-refractivity contribution in [2.75, 3.05) is 0 Å². The number of carboxylic acids is 2. The molecular formula is C23H20O5. The number of aromatic carboxylic acids is 2. The number of carboxylic acid groups (broad SMARTS) is 2. The maximum Gasteiger partial charge on any atom is 0.336 e. The van der Waals surface area contributed by atoms with Crippen LogP contribution < -0.4 is 4.74 Å². The molecule has 3 aromatic carbocycles. The van der Waals surface area contributed by atoms with Crippen LogP contribution in [0.3, 0.4) is 0 Å². The van der Waals surface area contributed by atoms with Crippen LogP contribution in [0.15, 0.2) is 72.8 Å². The fourth-order valence-corrected chi connectivity index (χ4v) is 3.05. The molecule has 0 heterocycles. The van der Waals surface area contributed by atoms with E-state index < -0.39 is 11.9 Å². The van der Waals surface area contributed by atoms with E-state index in [1.54, 1.807) is 0 Å². The molecule has 0 aliphatic rings. The lowest BCUT2D eigenvalue weighted by Crippen LogP contribution is -2.18. The molecule has 0 saturated carbocycles. The van der Waals surface area contributed by atoms with E-state index in [2.05, 4.69) is 26.0 Å². The van der Waals surface area contributed by atoms with E-state index in [0.29, 0.717) is 5.75 Å². The highest BCUT2D eigenvalue weighted by Gasteiger charge is 2.23. The van der Waals surface area contributed by atoms with Crippen LogP contribution in [0.4, 0.5) is 0 Å². The second-order valence-electron chi connectivity index (χ2n) is 6.94. The van der Waals surface area contributed by atoms with Gasteiger partial charge in [-0.05, 0) is 41.5 Å².